The number of ether oxygens (including phenoxy) is 1. The lowest BCUT2D eigenvalue weighted by Gasteiger charge is -2.26. The summed E-state index contributed by atoms with van der Waals surface area (Å²) in [7, 11) is 0.0733. The van der Waals surface area contributed by atoms with Gasteiger partial charge in [-0.3, -0.25) is 4.57 Å². The molecule has 0 saturated heterocycles. The lowest BCUT2D eigenvalue weighted by atomic mass is 9.84. The highest BCUT2D eigenvalue weighted by Gasteiger charge is 2.29. The molecule has 1 aliphatic rings. The summed E-state index contributed by atoms with van der Waals surface area (Å²) in [6.07, 6.45) is 8.22. The van der Waals surface area contributed by atoms with Crippen LogP contribution in [-0.2, 0) is 4.57 Å². The van der Waals surface area contributed by atoms with Crippen molar-refractivity contribution in [3.63, 3.8) is 0 Å². The fourth-order valence-corrected chi connectivity index (χ4v) is 3.41. The summed E-state index contributed by atoms with van der Waals surface area (Å²) < 4.78 is 17.3. The van der Waals surface area contributed by atoms with Crippen molar-refractivity contribution < 1.29 is 9.30 Å². The van der Waals surface area contributed by atoms with E-state index in [2.05, 4.69) is 12.1 Å². The Hall–Kier alpha value is -0.880. The van der Waals surface area contributed by atoms with E-state index in [1.165, 1.54) is 37.7 Å². The molecule has 1 aromatic carbocycles. The van der Waals surface area contributed by atoms with Crippen molar-refractivity contribution in [3.8, 4) is 5.75 Å². The number of hydrogen-bond donors (Lipinski definition) is 0. The molecule has 0 bridgehead atoms. The Kier molecular flexibility index (Phi) is 5.60. The third-order valence-corrected chi connectivity index (χ3v) is 5.59. The van der Waals surface area contributed by atoms with Crippen molar-refractivity contribution in [1.82, 2.24) is 0 Å². The van der Waals surface area contributed by atoms with Gasteiger partial charge >= 0.3 is 0 Å². The molecule has 110 valence electrons. The van der Waals surface area contributed by atoms with E-state index in [0.717, 1.165) is 24.5 Å². The molecule has 3 heteroatoms. The van der Waals surface area contributed by atoms with Crippen molar-refractivity contribution in [1.29, 1.82) is 0 Å². The molecular weight excluding hydrogens is 267 g/mol. The van der Waals surface area contributed by atoms with E-state index in [9.17, 15) is 4.57 Å². The van der Waals surface area contributed by atoms with Crippen molar-refractivity contribution in [2.24, 2.45) is 0 Å². The van der Waals surface area contributed by atoms with Crippen LogP contribution in [0, 0.1) is 0 Å². The van der Waals surface area contributed by atoms with Crippen LogP contribution in [0.4, 0.5) is 0 Å². The van der Waals surface area contributed by atoms with E-state index < -0.39 is 5.34 Å². The highest BCUT2D eigenvalue weighted by atomic mass is 31.1. The zero-order chi connectivity index (χ0) is 14.4. The molecule has 0 atom stereocenters. The molecule has 0 spiro atoms. The fraction of sp³-hybridized carbons (Fsp3) is 0.647. The van der Waals surface area contributed by atoms with Crippen LogP contribution in [-0.4, -0.2) is 5.34 Å². The first kappa shape index (κ1) is 15.5. The third kappa shape index (κ3) is 3.61. The summed E-state index contributed by atoms with van der Waals surface area (Å²) in [5.74, 6) is 1.55. The average Bonchev–Trinajstić information content (AvgIpc) is 2.54. The monoisotopic (exact) mass is 292 g/mol. The van der Waals surface area contributed by atoms with Crippen LogP contribution < -0.4 is 4.74 Å². The van der Waals surface area contributed by atoms with Crippen LogP contribution in [0.1, 0.15) is 70.3 Å². The van der Waals surface area contributed by atoms with E-state index >= 15 is 0 Å². The summed E-state index contributed by atoms with van der Waals surface area (Å²) in [6, 6.07) is 8.44. The molecular formula is C17H25O2P. The van der Waals surface area contributed by atoms with Crippen molar-refractivity contribution in [2.45, 2.75) is 70.1 Å². The SMILES string of the molecule is CCC(CC)(Oc1ccc(C2CCCCC2)cc1)P=O. The minimum absolute atomic E-state index is 0.0733. The number of hydrogen-bond acceptors (Lipinski definition) is 2. The normalized spacial score (nSPS) is 17.3. The lowest BCUT2D eigenvalue weighted by molar-refractivity contribution is 0.149. The molecule has 0 heterocycles. The second-order valence-corrected chi connectivity index (χ2v) is 6.75. The van der Waals surface area contributed by atoms with Gasteiger partial charge in [0.25, 0.3) is 0 Å². The molecule has 0 aromatic heterocycles. The fourth-order valence-electron chi connectivity index (χ4n) is 3.01. The lowest BCUT2D eigenvalue weighted by Crippen LogP contribution is -2.27. The van der Waals surface area contributed by atoms with Gasteiger partial charge in [0, 0.05) is 0 Å². The third-order valence-electron chi connectivity index (χ3n) is 4.54. The standard InChI is InChI=1S/C17H25O2P/c1-3-17(4-2,20-18)19-16-12-10-15(11-13-16)14-8-6-5-7-9-14/h10-14H,3-9H2,1-2H3. The molecule has 2 nitrogen and oxygen atoms in total. The quantitative estimate of drug-likeness (QED) is 0.608. The van der Waals surface area contributed by atoms with Gasteiger partial charge in [-0.15, -0.1) is 0 Å². The van der Waals surface area contributed by atoms with Gasteiger partial charge in [0.2, 0.25) is 8.46 Å². The minimum Gasteiger partial charge on any atom is -0.475 e. The molecule has 1 aliphatic carbocycles. The molecule has 1 fully saturated rings. The maximum absolute atomic E-state index is 11.4. The van der Waals surface area contributed by atoms with Gasteiger partial charge < -0.3 is 4.74 Å². The Morgan fingerprint density at radius 2 is 1.70 bits per heavy atom. The van der Waals surface area contributed by atoms with Crippen LogP contribution in [0.3, 0.4) is 0 Å². The first-order valence-electron chi connectivity index (χ1n) is 7.86. The van der Waals surface area contributed by atoms with E-state index in [1.807, 2.05) is 26.0 Å². The summed E-state index contributed by atoms with van der Waals surface area (Å²) in [5.41, 5.74) is 1.43. The van der Waals surface area contributed by atoms with Gasteiger partial charge in [-0.05, 0) is 49.3 Å². The summed E-state index contributed by atoms with van der Waals surface area (Å²) in [5, 5.41) is -0.563. The Morgan fingerprint density at radius 3 is 2.20 bits per heavy atom. The van der Waals surface area contributed by atoms with Crippen molar-refractivity contribution >= 4 is 8.46 Å². The van der Waals surface area contributed by atoms with Crippen molar-refractivity contribution in [3.05, 3.63) is 29.8 Å². The molecule has 2 rings (SSSR count). The van der Waals surface area contributed by atoms with Gasteiger partial charge in [0.1, 0.15) is 5.75 Å². The number of benzene rings is 1. The van der Waals surface area contributed by atoms with Gasteiger partial charge in [-0.1, -0.05) is 45.2 Å². The summed E-state index contributed by atoms with van der Waals surface area (Å²) >= 11 is 0. The number of rotatable bonds is 6. The molecule has 0 radical (unpaired) electrons. The molecule has 20 heavy (non-hydrogen) atoms. The van der Waals surface area contributed by atoms with Gasteiger partial charge in [-0.2, -0.15) is 0 Å². The largest absolute Gasteiger partial charge is 0.475 e. The van der Waals surface area contributed by atoms with Gasteiger partial charge in [-0.25, -0.2) is 0 Å². The first-order valence-corrected chi connectivity index (χ1v) is 8.67. The summed E-state index contributed by atoms with van der Waals surface area (Å²) in [6.45, 7) is 4.04. The summed E-state index contributed by atoms with van der Waals surface area (Å²) in [4.78, 5) is 0. The topological polar surface area (TPSA) is 26.3 Å². The molecule has 1 saturated carbocycles. The van der Waals surface area contributed by atoms with Gasteiger partial charge in [0.05, 0.1) is 0 Å². The maximum Gasteiger partial charge on any atom is 0.204 e. The predicted molar refractivity (Wildman–Crippen MR) is 83.8 cm³/mol. The van der Waals surface area contributed by atoms with E-state index in [0.29, 0.717) is 0 Å². The second-order valence-electron chi connectivity index (χ2n) is 5.75. The molecule has 0 unspecified atom stereocenters. The van der Waals surface area contributed by atoms with Gasteiger partial charge in [0.15, 0.2) is 5.34 Å². The highest BCUT2D eigenvalue weighted by molar-refractivity contribution is 7.25. The Labute approximate surface area is 124 Å². The Morgan fingerprint density at radius 1 is 1.10 bits per heavy atom. The average molecular weight is 292 g/mol. The van der Waals surface area contributed by atoms with Crippen molar-refractivity contribution in [2.75, 3.05) is 0 Å². The van der Waals surface area contributed by atoms with Crippen LogP contribution in [0.25, 0.3) is 0 Å². The Balaban J connectivity index is 2.05. The van der Waals surface area contributed by atoms with Crippen LogP contribution in [0.5, 0.6) is 5.75 Å². The van der Waals surface area contributed by atoms with Crippen LogP contribution in [0.2, 0.25) is 0 Å². The smallest absolute Gasteiger partial charge is 0.204 e. The Bertz CT molecular complexity index is 417. The highest BCUT2D eigenvalue weighted by Crippen LogP contribution is 2.36. The van der Waals surface area contributed by atoms with E-state index in [1.54, 1.807) is 0 Å². The van der Waals surface area contributed by atoms with E-state index in [4.69, 9.17) is 4.74 Å². The second kappa shape index (κ2) is 7.22. The van der Waals surface area contributed by atoms with E-state index in [-0.39, 0.29) is 8.46 Å². The molecule has 0 amide bonds. The molecule has 1 aromatic rings. The molecule has 0 N–H and O–H groups in total. The zero-order valence-corrected chi connectivity index (χ0v) is 13.5. The predicted octanol–water partition coefficient (Wildman–Crippen LogP) is 5.92. The minimum atomic E-state index is -0.563. The van der Waals surface area contributed by atoms with Crippen LogP contribution in [0.15, 0.2) is 24.3 Å². The molecule has 0 aliphatic heterocycles. The van der Waals surface area contributed by atoms with Crippen LogP contribution >= 0.6 is 8.46 Å². The first-order chi connectivity index (χ1) is 9.73. The zero-order valence-electron chi connectivity index (χ0n) is 12.6. The maximum atomic E-state index is 11.4.